The summed E-state index contributed by atoms with van der Waals surface area (Å²) in [5.41, 5.74) is 3.48. The zero-order valence-corrected chi connectivity index (χ0v) is 12.0. The lowest BCUT2D eigenvalue weighted by atomic mass is 10.1. The van der Waals surface area contributed by atoms with Gasteiger partial charge in [0.15, 0.2) is 0 Å². The molecule has 1 atom stereocenters. The van der Waals surface area contributed by atoms with E-state index >= 15 is 0 Å². The van der Waals surface area contributed by atoms with E-state index in [9.17, 15) is 0 Å². The van der Waals surface area contributed by atoms with Crippen LogP contribution in [0.2, 0.25) is 0 Å². The van der Waals surface area contributed by atoms with Crippen LogP contribution in [0.15, 0.2) is 36.4 Å². The molecule has 3 nitrogen and oxygen atoms in total. The number of ether oxygens (including phenoxy) is 1. The van der Waals surface area contributed by atoms with E-state index in [1.54, 1.807) is 0 Å². The fraction of sp³-hybridized carbons (Fsp3) is 0.353. The van der Waals surface area contributed by atoms with E-state index in [4.69, 9.17) is 4.74 Å². The second-order valence-electron chi connectivity index (χ2n) is 5.48. The lowest BCUT2D eigenvalue weighted by molar-refractivity contribution is 0.456. The number of aryl methyl sites for hydroxylation is 2. The highest BCUT2D eigenvalue weighted by atomic mass is 16.5. The first-order valence-electron chi connectivity index (χ1n) is 7.17. The van der Waals surface area contributed by atoms with Crippen LogP contribution in [0.1, 0.15) is 35.7 Å². The molecule has 0 radical (unpaired) electrons. The third-order valence-corrected chi connectivity index (χ3v) is 3.58. The lowest BCUT2D eigenvalue weighted by Crippen LogP contribution is -2.14. The fourth-order valence-electron chi connectivity index (χ4n) is 2.73. The Hall–Kier alpha value is -1.87. The SMILES string of the molecule is Cc1cc(C)cc(Oc2cccc(C3CCCN3)n2)c1. The zero-order chi connectivity index (χ0) is 13.9. The minimum absolute atomic E-state index is 0.373. The van der Waals surface area contributed by atoms with Gasteiger partial charge in [-0.1, -0.05) is 12.1 Å². The maximum Gasteiger partial charge on any atom is 0.219 e. The summed E-state index contributed by atoms with van der Waals surface area (Å²) in [6, 6.07) is 12.6. The van der Waals surface area contributed by atoms with Crippen molar-refractivity contribution >= 4 is 0 Å². The Balaban J connectivity index is 1.81. The molecule has 1 aromatic heterocycles. The topological polar surface area (TPSA) is 34.1 Å². The van der Waals surface area contributed by atoms with Gasteiger partial charge in [-0.3, -0.25) is 0 Å². The summed E-state index contributed by atoms with van der Waals surface area (Å²) in [6.07, 6.45) is 2.37. The van der Waals surface area contributed by atoms with Crippen LogP contribution in [0.3, 0.4) is 0 Å². The number of benzene rings is 1. The third kappa shape index (κ3) is 2.99. The molecule has 0 spiro atoms. The molecular formula is C17H20N2O. The Morgan fingerprint density at radius 1 is 1.15 bits per heavy atom. The van der Waals surface area contributed by atoms with Gasteiger partial charge in [0.2, 0.25) is 5.88 Å². The Kier molecular flexibility index (Phi) is 3.70. The number of rotatable bonds is 3. The number of pyridine rings is 1. The molecular weight excluding hydrogens is 248 g/mol. The molecule has 3 rings (SSSR count). The van der Waals surface area contributed by atoms with Crippen molar-refractivity contribution in [2.45, 2.75) is 32.7 Å². The molecule has 0 bridgehead atoms. The summed E-state index contributed by atoms with van der Waals surface area (Å²) >= 11 is 0. The Morgan fingerprint density at radius 2 is 1.95 bits per heavy atom. The van der Waals surface area contributed by atoms with Gasteiger partial charge in [-0.05, 0) is 62.6 Å². The molecule has 0 amide bonds. The Bertz CT molecular complexity index is 583. The summed E-state index contributed by atoms with van der Waals surface area (Å²) in [7, 11) is 0. The number of nitrogens with one attached hydrogen (secondary N) is 1. The van der Waals surface area contributed by atoms with Gasteiger partial charge in [0, 0.05) is 12.1 Å². The highest BCUT2D eigenvalue weighted by molar-refractivity contribution is 5.35. The maximum absolute atomic E-state index is 5.90. The summed E-state index contributed by atoms with van der Waals surface area (Å²) in [6.45, 7) is 5.23. The van der Waals surface area contributed by atoms with E-state index in [2.05, 4.69) is 36.3 Å². The molecule has 1 aliphatic rings. The normalized spacial score (nSPS) is 18.2. The molecule has 3 heteroatoms. The average Bonchev–Trinajstić information content (AvgIpc) is 2.91. The first-order valence-corrected chi connectivity index (χ1v) is 7.17. The van der Waals surface area contributed by atoms with E-state index in [0.717, 1.165) is 24.4 Å². The van der Waals surface area contributed by atoms with E-state index in [1.807, 2.05) is 24.3 Å². The number of hydrogen-bond acceptors (Lipinski definition) is 3. The fourth-order valence-corrected chi connectivity index (χ4v) is 2.73. The molecule has 1 aliphatic heterocycles. The predicted octanol–water partition coefficient (Wildman–Crippen LogP) is 3.92. The molecule has 104 valence electrons. The number of hydrogen-bond donors (Lipinski definition) is 1. The quantitative estimate of drug-likeness (QED) is 0.916. The highest BCUT2D eigenvalue weighted by Gasteiger charge is 2.17. The van der Waals surface area contributed by atoms with E-state index in [-0.39, 0.29) is 0 Å². The maximum atomic E-state index is 5.90. The van der Waals surface area contributed by atoms with Crippen molar-refractivity contribution < 1.29 is 4.74 Å². The van der Waals surface area contributed by atoms with Crippen LogP contribution in [-0.2, 0) is 0 Å². The van der Waals surface area contributed by atoms with Crippen molar-refractivity contribution in [1.29, 1.82) is 0 Å². The van der Waals surface area contributed by atoms with Crippen LogP contribution < -0.4 is 10.1 Å². The molecule has 1 N–H and O–H groups in total. The van der Waals surface area contributed by atoms with Crippen LogP contribution in [0, 0.1) is 13.8 Å². The highest BCUT2D eigenvalue weighted by Crippen LogP contribution is 2.26. The van der Waals surface area contributed by atoms with Gasteiger partial charge in [0.25, 0.3) is 0 Å². The van der Waals surface area contributed by atoms with Gasteiger partial charge < -0.3 is 10.1 Å². The number of aromatic nitrogens is 1. The lowest BCUT2D eigenvalue weighted by Gasteiger charge is -2.12. The van der Waals surface area contributed by atoms with Crippen molar-refractivity contribution in [1.82, 2.24) is 10.3 Å². The first kappa shape index (κ1) is 13.1. The van der Waals surface area contributed by atoms with Crippen LogP contribution >= 0.6 is 0 Å². The van der Waals surface area contributed by atoms with Crippen molar-refractivity contribution in [3.8, 4) is 11.6 Å². The standard InChI is InChI=1S/C17H20N2O/c1-12-9-13(2)11-14(10-12)20-17-7-3-5-16(19-17)15-6-4-8-18-15/h3,5,7,9-11,15,18H,4,6,8H2,1-2H3. The summed E-state index contributed by atoms with van der Waals surface area (Å²) in [5, 5.41) is 3.46. The Morgan fingerprint density at radius 3 is 2.65 bits per heavy atom. The molecule has 2 aromatic rings. The van der Waals surface area contributed by atoms with Gasteiger partial charge in [-0.15, -0.1) is 0 Å². The minimum atomic E-state index is 0.373. The van der Waals surface area contributed by atoms with Gasteiger partial charge >= 0.3 is 0 Å². The summed E-state index contributed by atoms with van der Waals surface area (Å²) in [4.78, 5) is 4.62. The molecule has 1 aromatic carbocycles. The molecule has 2 heterocycles. The van der Waals surface area contributed by atoms with Gasteiger partial charge in [-0.25, -0.2) is 4.98 Å². The Labute approximate surface area is 120 Å². The van der Waals surface area contributed by atoms with Crippen molar-refractivity contribution in [3.05, 3.63) is 53.2 Å². The molecule has 1 fully saturated rings. The predicted molar refractivity (Wildman–Crippen MR) is 80.2 cm³/mol. The molecule has 20 heavy (non-hydrogen) atoms. The van der Waals surface area contributed by atoms with Gasteiger partial charge in [-0.2, -0.15) is 0 Å². The number of nitrogens with zero attached hydrogens (tertiary/aromatic N) is 1. The minimum Gasteiger partial charge on any atom is -0.439 e. The molecule has 1 saturated heterocycles. The molecule has 0 aliphatic carbocycles. The third-order valence-electron chi connectivity index (χ3n) is 3.58. The molecule has 1 unspecified atom stereocenters. The van der Waals surface area contributed by atoms with Crippen LogP contribution in [0.25, 0.3) is 0 Å². The van der Waals surface area contributed by atoms with Crippen molar-refractivity contribution in [2.75, 3.05) is 6.54 Å². The summed E-state index contributed by atoms with van der Waals surface area (Å²) in [5.74, 6) is 1.52. The van der Waals surface area contributed by atoms with Gasteiger partial charge in [0.05, 0.1) is 5.69 Å². The second kappa shape index (κ2) is 5.63. The van der Waals surface area contributed by atoms with Crippen LogP contribution in [0.5, 0.6) is 11.6 Å². The monoisotopic (exact) mass is 268 g/mol. The second-order valence-corrected chi connectivity index (χ2v) is 5.48. The van der Waals surface area contributed by atoms with Gasteiger partial charge in [0.1, 0.15) is 5.75 Å². The average molecular weight is 268 g/mol. The van der Waals surface area contributed by atoms with E-state index in [0.29, 0.717) is 11.9 Å². The van der Waals surface area contributed by atoms with Crippen molar-refractivity contribution in [3.63, 3.8) is 0 Å². The molecule has 0 saturated carbocycles. The summed E-state index contributed by atoms with van der Waals surface area (Å²) < 4.78 is 5.90. The first-order chi connectivity index (χ1) is 9.70. The van der Waals surface area contributed by atoms with Crippen LogP contribution in [0.4, 0.5) is 0 Å². The van der Waals surface area contributed by atoms with Crippen molar-refractivity contribution in [2.24, 2.45) is 0 Å². The van der Waals surface area contributed by atoms with E-state index in [1.165, 1.54) is 17.5 Å². The smallest absolute Gasteiger partial charge is 0.219 e. The largest absolute Gasteiger partial charge is 0.439 e. The zero-order valence-electron chi connectivity index (χ0n) is 12.0. The van der Waals surface area contributed by atoms with E-state index < -0.39 is 0 Å². The van der Waals surface area contributed by atoms with Crippen LogP contribution in [-0.4, -0.2) is 11.5 Å².